The van der Waals surface area contributed by atoms with E-state index in [1.54, 1.807) is 29.4 Å². The molecule has 17 heavy (non-hydrogen) atoms. The van der Waals surface area contributed by atoms with Crippen LogP contribution in [0.4, 0.5) is 0 Å². The molecule has 0 fully saturated rings. The van der Waals surface area contributed by atoms with Gasteiger partial charge in [0.05, 0.1) is 23.5 Å². The van der Waals surface area contributed by atoms with Crippen molar-refractivity contribution < 1.29 is 0 Å². The second-order valence-electron chi connectivity index (χ2n) is 3.81. The quantitative estimate of drug-likeness (QED) is 0.679. The number of hydrogen-bond donors (Lipinski definition) is 0. The van der Waals surface area contributed by atoms with Crippen LogP contribution in [0.1, 0.15) is 13.3 Å². The summed E-state index contributed by atoms with van der Waals surface area (Å²) < 4.78 is 3.82. The molecule has 6 nitrogen and oxygen atoms in total. The van der Waals surface area contributed by atoms with Crippen LogP contribution in [0.3, 0.4) is 0 Å². The molecule has 0 spiro atoms. The third-order valence-corrected chi connectivity index (χ3v) is 2.65. The lowest BCUT2D eigenvalue weighted by molar-refractivity contribution is 0.683. The first-order valence-electron chi connectivity index (χ1n) is 5.55. The molecule has 0 radical (unpaired) electrons. The zero-order valence-corrected chi connectivity index (χ0v) is 9.48. The van der Waals surface area contributed by atoms with E-state index < -0.39 is 0 Å². The van der Waals surface area contributed by atoms with E-state index >= 15 is 0 Å². The first-order valence-corrected chi connectivity index (χ1v) is 5.55. The topological polar surface area (TPSA) is 60.9 Å². The van der Waals surface area contributed by atoms with Gasteiger partial charge in [-0.2, -0.15) is 5.10 Å². The van der Waals surface area contributed by atoms with Gasteiger partial charge >= 0.3 is 0 Å². The maximum Gasteiger partial charge on any atom is 0.167 e. The van der Waals surface area contributed by atoms with Crippen molar-refractivity contribution in [2.75, 3.05) is 0 Å². The molecule has 6 heteroatoms. The van der Waals surface area contributed by atoms with Crippen molar-refractivity contribution in [2.24, 2.45) is 0 Å². The lowest BCUT2D eigenvalue weighted by Gasteiger charge is -2.02. The van der Waals surface area contributed by atoms with Gasteiger partial charge in [-0.3, -0.25) is 4.98 Å². The van der Waals surface area contributed by atoms with Crippen LogP contribution in [0.15, 0.2) is 31.1 Å². The van der Waals surface area contributed by atoms with Gasteiger partial charge in [-0.1, -0.05) is 6.92 Å². The van der Waals surface area contributed by atoms with Crippen LogP contribution < -0.4 is 0 Å². The van der Waals surface area contributed by atoms with Crippen molar-refractivity contribution in [3.8, 4) is 11.4 Å². The first kappa shape index (κ1) is 9.95. The fourth-order valence-corrected chi connectivity index (χ4v) is 1.87. The molecule has 0 N–H and O–H groups in total. The molecule has 0 aliphatic heterocycles. The van der Waals surface area contributed by atoms with Crippen molar-refractivity contribution in [2.45, 2.75) is 19.9 Å². The summed E-state index contributed by atoms with van der Waals surface area (Å²) in [5.41, 5.74) is 1.90. The maximum absolute atomic E-state index is 4.27. The molecule has 0 amide bonds. The first-order chi connectivity index (χ1) is 8.40. The highest BCUT2D eigenvalue weighted by Crippen LogP contribution is 2.21. The molecular formula is C11H12N6. The summed E-state index contributed by atoms with van der Waals surface area (Å²) in [5.74, 6) is 0.842. The highest BCUT2D eigenvalue weighted by Gasteiger charge is 2.12. The van der Waals surface area contributed by atoms with E-state index in [9.17, 15) is 0 Å². The van der Waals surface area contributed by atoms with Gasteiger partial charge in [0, 0.05) is 18.9 Å². The molecule has 0 unspecified atom stereocenters. The van der Waals surface area contributed by atoms with Crippen LogP contribution in [-0.2, 0) is 6.54 Å². The van der Waals surface area contributed by atoms with E-state index in [0.717, 1.165) is 29.9 Å². The number of fused-ring (bicyclic) bond motifs is 1. The minimum Gasteiger partial charge on any atom is -0.314 e. The Morgan fingerprint density at radius 1 is 1.29 bits per heavy atom. The third kappa shape index (κ3) is 1.57. The molecular weight excluding hydrogens is 216 g/mol. The van der Waals surface area contributed by atoms with Gasteiger partial charge in [0.1, 0.15) is 6.33 Å². The number of aromatic nitrogens is 6. The summed E-state index contributed by atoms with van der Waals surface area (Å²) >= 11 is 0. The van der Waals surface area contributed by atoms with E-state index in [1.807, 2.05) is 10.8 Å². The smallest absolute Gasteiger partial charge is 0.167 e. The fraction of sp³-hybridized carbons (Fsp3) is 0.273. The van der Waals surface area contributed by atoms with Crippen LogP contribution >= 0.6 is 0 Å². The number of rotatable bonds is 3. The number of aryl methyl sites for hydroxylation is 1. The molecule has 0 saturated carbocycles. The maximum atomic E-state index is 4.27. The minimum atomic E-state index is 0.842. The van der Waals surface area contributed by atoms with Gasteiger partial charge in [0.2, 0.25) is 0 Å². The largest absolute Gasteiger partial charge is 0.314 e. The second kappa shape index (κ2) is 3.97. The Kier molecular flexibility index (Phi) is 2.32. The van der Waals surface area contributed by atoms with Crippen LogP contribution in [0.5, 0.6) is 0 Å². The number of hydrogen-bond acceptors (Lipinski definition) is 4. The molecule has 3 aromatic heterocycles. The molecule has 0 aliphatic carbocycles. The SMILES string of the molecule is CCCn1cnnc1-c1cnn2ccncc12. The third-order valence-electron chi connectivity index (χ3n) is 2.65. The second-order valence-corrected chi connectivity index (χ2v) is 3.81. The predicted molar refractivity (Wildman–Crippen MR) is 62.3 cm³/mol. The summed E-state index contributed by atoms with van der Waals surface area (Å²) in [7, 11) is 0. The van der Waals surface area contributed by atoms with Crippen molar-refractivity contribution in [1.29, 1.82) is 0 Å². The molecule has 0 atom stereocenters. The minimum absolute atomic E-state index is 0.842. The predicted octanol–water partition coefficient (Wildman–Crippen LogP) is 1.40. The van der Waals surface area contributed by atoms with E-state index in [0.29, 0.717) is 0 Å². The van der Waals surface area contributed by atoms with E-state index in [2.05, 4.69) is 27.2 Å². The zero-order valence-electron chi connectivity index (χ0n) is 9.48. The summed E-state index contributed by atoms with van der Waals surface area (Å²) in [6.07, 6.45) is 9.90. The van der Waals surface area contributed by atoms with Gasteiger partial charge in [0.15, 0.2) is 5.82 Å². The molecule has 0 aliphatic rings. The van der Waals surface area contributed by atoms with Crippen molar-refractivity contribution >= 4 is 5.52 Å². The average Bonchev–Trinajstić information content (AvgIpc) is 2.95. The van der Waals surface area contributed by atoms with Crippen LogP contribution in [0.2, 0.25) is 0 Å². The monoisotopic (exact) mass is 228 g/mol. The Morgan fingerprint density at radius 3 is 3.12 bits per heavy atom. The van der Waals surface area contributed by atoms with Gasteiger partial charge < -0.3 is 4.57 Å². The Bertz CT molecular complexity index is 638. The lowest BCUT2D eigenvalue weighted by atomic mass is 10.2. The Balaban J connectivity index is 2.17. The Morgan fingerprint density at radius 2 is 2.24 bits per heavy atom. The summed E-state index contributed by atoms with van der Waals surface area (Å²) in [4.78, 5) is 4.11. The van der Waals surface area contributed by atoms with Crippen LogP contribution in [0, 0.1) is 0 Å². The van der Waals surface area contributed by atoms with E-state index in [1.165, 1.54) is 0 Å². The fourth-order valence-electron chi connectivity index (χ4n) is 1.87. The zero-order chi connectivity index (χ0) is 11.7. The summed E-state index contributed by atoms with van der Waals surface area (Å²) in [6.45, 7) is 3.03. The van der Waals surface area contributed by atoms with Gasteiger partial charge in [-0.25, -0.2) is 4.52 Å². The molecule has 0 saturated heterocycles. The highest BCUT2D eigenvalue weighted by molar-refractivity contribution is 5.74. The average molecular weight is 228 g/mol. The van der Waals surface area contributed by atoms with E-state index in [-0.39, 0.29) is 0 Å². The Hall–Kier alpha value is -2.24. The van der Waals surface area contributed by atoms with Gasteiger partial charge in [-0.15, -0.1) is 10.2 Å². The summed E-state index contributed by atoms with van der Waals surface area (Å²) in [5, 5.41) is 12.4. The molecule has 86 valence electrons. The molecule has 0 aromatic carbocycles. The standard InChI is InChI=1S/C11H12N6/c1-2-4-16-8-13-15-11(16)9-6-14-17-5-3-12-7-10(9)17/h3,5-8H,2,4H2,1H3. The molecule has 3 rings (SSSR count). The molecule has 3 heterocycles. The highest BCUT2D eigenvalue weighted by atomic mass is 15.3. The summed E-state index contributed by atoms with van der Waals surface area (Å²) in [6, 6.07) is 0. The van der Waals surface area contributed by atoms with Crippen molar-refractivity contribution in [3.05, 3.63) is 31.1 Å². The lowest BCUT2D eigenvalue weighted by Crippen LogP contribution is -1.98. The number of nitrogens with zero attached hydrogens (tertiary/aromatic N) is 6. The van der Waals surface area contributed by atoms with Crippen molar-refractivity contribution in [3.63, 3.8) is 0 Å². The Labute approximate surface area is 97.9 Å². The van der Waals surface area contributed by atoms with Crippen LogP contribution in [0.25, 0.3) is 16.9 Å². The van der Waals surface area contributed by atoms with Crippen molar-refractivity contribution in [1.82, 2.24) is 29.4 Å². The molecule has 3 aromatic rings. The molecule has 0 bridgehead atoms. The van der Waals surface area contributed by atoms with Gasteiger partial charge in [-0.05, 0) is 6.42 Å². The van der Waals surface area contributed by atoms with Gasteiger partial charge in [0.25, 0.3) is 0 Å². The van der Waals surface area contributed by atoms with E-state index in [4.69, 9.17) is 0 Å². The van der Waals surface area contributed by atoms with Crippen LogP contribution in [-0.4, -0.2) is 29.4 Å². The normalized spacial score (nSPS) is 11.1.